The first-order valence-corrected chi connectivity index (χ1v) is 7.25. The van der Waals surface area contributed by atoms with E-state index >= 15 is 0 Å². The van der Waals surface area contributed by atoms with Gasteiger partial charge in [0.05, 0.1) is 5.69 Å². The van der Waals surface area contributed by atoms with E-state index in [0.717, 1.165) is 0 Å². The number of nitriles is 1. The molecular weight excluding hydrogens is 278 g/mol. The van der Waals surface area contributed by atoms with Crippen molar-refractivity contribution in [2.45, 2.75) is 18.4 Å². The average molecular weight is 291 g/mol. The summed E-state index contributed by atoms with van der Waals surface area (Å²) in [5, 5.41) is 12.7. The van der Waals surface area contributed by atoms with E-state index in [4.69, 9.17) is 5.26 Å². The molecule has 0 fully saturated rings. The monoisotopic (exact) mass is 291 g/mol. The zero-order valence-corrected chi connectivity index (χ0v) is 11.8. The molecule has 0 unspecified atom stereocenters. The molecule has 7 nitrogen and oxygen atoms in total. The summed E-state index contributed by atoms with van der Waals surface area (Å²) in [5.74, 6) is 0. The maximum Gasteiger partial charge on any atom is 0.244 e. The van der Waals surface area contributed by atoms with Gasteiger partial charge in [0.25, 0.3) is 0 Å². The van der Waals surface area contributed by atoms with Crippen molar-refractivity contribution in [3.63, 3.8) is 0 Å². The minimum atomic E-state index is -3.62. The molecule has 0 aliphatic heterocycles. The first-order chi connectivity index (χ1) is 9.42. The smallest absolute Gasteiger partial charge is 0.244 e. The van der Waals surface area contributed by atoms with Gasteiger partial charge in [0.1, 0.15) is 16.7 Å². The van der Waals surface area contributed by atoms with Crippen LogP contribution >= 0.6 is 0 Å². The van der Waals surface area contributed by atoms with E-state index < -0.39 is 10.0 Å². The molecule has 0 saturated carbocycles. The third-order valence-electron chi connectivity index (χ3n) is 2.66. The Morgan fingerprint density at radius 3 is 2.85 bits per heavy atom. The molecule has 0 bridgehead atoms. The van der Waals surface area contributed by atoms with Crippen molar-refractivity contribution < 1.29 is 8.42 Å². The zero-order valence-electron chi connectivity index (χ0n) is 11.0. The highest BCUT2D eigenvalue weighted by Crippen LogP contribution is 2.13. The summed E-state index contributed by atoms with van der Waals surface area (Å²) in [6.07, 6.45) is 2.92. The molecule has 2 rings (SSSR count). The van der Waals surface area contributed by atoms with Crippen LogP contribution in [0, 0.1) is 18.3 Å². The van der Waals surface area contributed by atoms with E-state index in [2.05, 4.69) is 14.8 Å². The molecule has 104 valence electrons. The number of aryl methyl sites for hydroxylation is 2. The Bertz CT molecular complexity index is 773. The number of rotatable bonds is 4. The molecule has 20 heavy (non-hydrogen) atoms. The predicted octanol–water partition coefficient (Wildman–Crippen LogP) is 0.474. The number of hydrogen-bond donors (Lipinski definition) is 1. The van der Waals surface area contributed by atoms with Crippen LogP contribution < -0.4 is 4.72 Å². The fraction of sp³-hybridized carbons (Fsp3) is 0.250. The molecule has 2 heterocycles. The SMILES string of the molecule is Cc1nn(C)cc1S(=O)(=O)NCc1ccnc(C#N)c1. The highest BCUT2D eigenvalue weighted by molar-refractivity contribution is 7.89. The maximum absolute atomic E-state index is 12.1. The second kappa shape index (κ2) is 5.40. The van der Waals surface area contributed by atoms with Gasteiger partial charge in [0.15, 0.2) is 0 Å². The third kappa shape index (κ3) is 3.01. The summed E-state index contributed by atoms with van der Waals surface area (Å²) in [7, 11) is -1.96. The minimum Gasteiger partial charge on any atom is -0.274 e. The van der Waals surface area contributed by atoms with Crippen LogP contribution in [0.1, 0.15) is 17.0 Å². The first kappa shape index (κ1) is 14.2. The number of pyridine rings is 1. The second-order valence-corrected chi connectivity index (χ2v) is 5.97. The Morgan fingerprint density at radius 1 is 1.50 bits per heavy atom. The fourth-order valence-electron chi connectivity index (χ4n) is 1.74. The Labute approximate surface area is 116 Å². The van der Waals surface area contributed by atoms with E-state index in [-0.39, 0.29) is 17.1 Å². The van der Waals surface area contributed by atoms with Crippen LogP contribution in [0.25, 0.3) is 0 Å². The quantitative estimate of drug-likeness (QED) is 0.882. The van der Waals surface area contributed by atoms with Gasteiger partial charge in [-0.25, -0.2) is 18.1 Å². The Hall–Kier alpha value is -2.24. The minimum absolute atomic E-state index is 0.0911. The molecule has 0 saturated heterocycles. The van der Waals surface area contributed by atoms with Crippen molar-refractivity contribution in [3.8, 4) is 6.07 Å². The molecule has 0 aromatic carbocycles. The van der Waals surface area contributed by atoms with Crippen LogP contribution in [0.5, 0.6) is 0 Å². The van der Waals surface area contributed by atoms with Gasteiger partial charge in [-0.2, -0.15) is 10.4 Å². The number of hydrogen-bond acceptors (Lipinski definition) is 5. The van der Waals surface area contributed by atoms with Gasteiger partial charge in [-0.05, 0) is 24.6 Å². The van der Waals surface area contributed by atoms with E-state index in [1.165, 1.54) is 17.1 Å². The van der Waals surface area contributed by atoms with Crippen molar-refractivity contribution >= 4 is 10.0 Å². The van der Waals surface area contributed by atoms with Gasteiger partial charge in [0, 0.05) is 26.0 Å². The summed E-state index contributed by atoms with van der Waals surface area (Å²) < 4.78 is 28.2. The molecule has 0 atom stereocenters. The van der Waals surface area contributed by atoms with E-state index in [0.29, 0.717) is 11.3 Å². The largest absolute Gasteiger partial charge is 0.274 e. The molecular formula is C12H13N5O2S. The summed E-state index contributed by atoms with van der Waals surface area (Å²) in [5.41, 5.74) is 1.35. The lowest BCUT2D eigenvalue weighted by molar-refractivity contribution is 0.580. The number of nitrogens with one attached hydrogen (secondary N) is 1. The van der Waals surface area contributed by atoms with E-state index in [1.54, 1.807) is 26.1 Å². The molecule has 0 radical (unpaired) electrons. The van der Waals surface area contributed by atoms with Gasteiger partial charge >= 0.3 is 0 Å². The van der Waals surface area contributed by atoms with E-state index in [9.17, 15) is 8.42 Å². The Morgan fingerprint density at radius 2 is 2.25 bits per heavy atom. The van der Waals surface area contributed by atoms with Gasteiger partial charge in [-0.15, -0.1) is 0 Å². The summed E-state index contributed by atoms with van der Waals surface area (Å²) >= 11 is 0. The molecule has 1 N–H and O–H groups in total. The number of nitrogens with zero attached hydrogens (tertiary/aromatic N) is 4. The fourth-order valence-corrected chi connectivity index (χ4v) is 2.98. The maximum atomic E-state index is 12.1. The highest BCUT2D eigenvalue weighted by Gasteiger charge is 2.19. The molecule has 0 aliphatic carbocycles. The zero-order chi connectivity index (χ0) is 14.8. The van der Waals surface area contributed by atoms with E-state index in [1.807, 2.05) is 6.07 Å². The van der Waals surface area contributed by atoms with Crippen LogP contribution in [-0.4, -0.2) is 23.2 Å². The van der Waals surface area contributed by atoms with Crippen LogP contribution in [0.4, 0.5) is 0 Å². The number of aromatic nitrogens is 3. The van der Waals surface area contributed by atoms with Crippen molar-refractivity contribution in [1.82, 2.24) is 19.5 Å². The Balaban J connectivity index is 2.17. The van der Waals surface area contributed by atoms with Crippen molar-refractivity contribution in [2.75, 3.05) is 0 Å². The normalized spacial score (nSPS) is 11.2. The van der Waals surface area contributed by atoms with Crippen molar-refractivity contribution in [2.24, 2.45) is 7.05 Å². The predicted molar refractivity (Wildman–Crippen MR) is 70.9 cm³/mol. The van der Waals surface area contributed by atoms with Crippen molar-refractivity contribution in [1.29, 1.82) is 5.26 Å². The standard InChI is InChI=1S/C12H13N5O2S/c1-9-12(8-17(2)16-9)20(18,19)15-7-10-3-4-14-11(5-10)6-13/h3-5,8,15H,7H2,1-2H3. The van der Waals surface area contributed by atoms with Gasteiger partial charge in [0.2, 0.25) is 10.0 Å². The van der Waals surface area contributed by atoms with Crippen LogP contribution in [0.2, 0.25) is 0 Å². The molecule has 2 aromatic rings. The van der Waals surface area contributed by atoms with Crippen LogP contribution in [0.3, 0.4) is 0 Å². The lowest BCUT2D eigenvalue weighted by Gasteiger charge is -2.05. The highest BCUT2D eigenvalue weighted by atomic mass is 32.2. The van der Waals surface area contributed by atoms with Gasteiger partial charge in [-0.3, -0.25) is 4.68 Å². The van der Waals surface area contributed by atoms with Gasteiger partial charge < -0.3 is 0 Å². The summed E-state index contributed by atoms with van der Waals surface area (Å²) in [6, 6.07) is 5.10. The molecule has 0 spiro atoms. The molecule has 8 heteroatoms. The molecule has 2 aromatic heterocycles. The molecule has 0 amide bonds. The van der Waals surface area contributed by atoms with Gasteiger partial charge in [-0.1, -0.05) is 0 Å². The second-order valence-electron chi connectivity index (χ2n) is 4.24. The van der Waals surface area contributed by atoms with Crippen LogP contribution in [-0.2, 0) is 23.6 Å². The topological polar surface area (TPSA) is 101 Å². The lowest BCUT2D eigenvalue weighted by atomic mass is 10.2. The molecule has 0 aliphatic rings. The lowest BCUT2D eigenvalue weighted by Crippen LogP contribution is -2.23. The number of sulfonamides is 1. The summed E-state index contributed by atoms with van der Waals surface area (Å²) in [4.78, 5) is 3.97. The third-order valence-corrected chi connectivity index (χ3v) is 4.17. The summed E-state index contributed by atoms with van der Waals surface area (Å²) in [6.45, 7) is 1.72. The van der Waals surface area contributed by atoms with Crippen LogP contribution in [0.15, 0.2) is 29.4 Å². The first-order valence-electron chi connectivity index (χ1n) is 5.77. The average Bonchev–Trinajstić information content (AvgIpc) is 2.77. The van der Waals surface area contributed by atoms with Crippen molar-refractivity contribution in [3.05, 3.63) is 41.5 Å². The Kier molecular flexibility index (Phi) is 3.83.